The Hall–Kier alpha value is -2.53. The molecule has 1 atom stereocenters. The SMILES string of the molecule is COCOc1ccc(-c2ccc3c(c2)C(NC(=O)O)C2(CC3)CC2)cc1. The molecule has 5 heteroatoms. The summed E-state index contributed by atoms with van der Waals surface area (Å²) in [6, 6.07) is 14.2. The number of fused-ring (bicyclic) bond motifs is 1. The average molecular weight is 353 g/mol. The number of carboxylic acid groups (broad SMARTS) is 1. The summed E-state index contributed by atoms with van der Waals surface area (Å²) < 4.78 is 10.4. The van der Waals surface area contributed by atoms with Crippen LogP contribution in [0.25, 0.3) is 11.1 Å². The molecule has 2 N–H and O–H groups in total. The minimum Gasteiger partial charge on any atom is -0.468 e. The van der Waals surface area contributed by atoms with Crippen molar-refractivity contribution >= 4 is 6.09 Å². The zero-order valence-corrected chi connectivity index (χ0v) is 14.8. The van der Waals surface area contributed by atoms with Gasteiger partial charge in [-0.3, -0.25) is 0 Å². The first-order chi connectivity index (χ1) is 12.6. The molecule has 1 spiro atoms. The largest absolute Gasteiger partial charge is 0.468 e. The van der Waals surface area contributed by atoms with E-state index in [1.165, 1.54) is 5.56 Å². The van der Waals surface area contributed by atoms with Crippen molar-refractivity contribution in [3.63, 3.8) is 0 Å². The van der Waals surface area contributed by atoms with Crippen LogP contribution in [0, 0.1) is 5.41 Å². The quantitative estimate of drug-likeness (QED) is 0.783. The lowest BCUT2D eigenvalue weighted by atomic mass is 9.76. The number of hydrogen-bond donors (Lipinski definition) is 2. The molecule has 0 aromatic heterocycles. The number of hydrogen-bond acceptors (Lipinski definition) is 3. The van der Waals surface area contributed by atoms with Gasteiger partial charge in [-0.15, -0.1) is 0 Å². The molecular formula is C21H23NO4. The van der Waals surface area contributed by atoms with Gasteiger partial charge >= 0.3 is 6.09 Å². The number of ether oxygens (including phenoxy) is 2. The van der Waals surface area contributed by atoms with Gasteiger partial charge in [0, 0.05) is 7.11 Å². The fourth-order valence-electron chi connectivity index (χ4n) is 4.05. The molecule has 0 aliphatic heterocycles. The number of methoxy groups -OCH3 is 1. The van der Waals surface area contributed by atoms with E-state index in [1.54, 1.807) is 7.11 Å². The predicted octanol–water partition coefficient (Wildman–Crippen LogP) is 4.37. The van der Waals surface area contributed by atoms with Gasteiger partial charge < -0.3 is 19.9 Å². The first-order valence-electron chi connectivity index (χ1n) is 8.96. The predicted molar refractivity (Wildman–Crippen MR) is 98.3 cm³/mol. The minimum atomic E-state index is -0.945. The van der Waals surface area contributed by atoms with Crippen LogP contribution in [0.15, 0.2) is 42.5 Å². The number of nitrogens with one attached hydrogen (secondary N) is 1. The van der Waals surface area contributed by atoms with Gasteiger partial charge in [0.05, 0.1) is 6.04 Å². The van der Waals surface area contributed by atoms with Crippen molar-refractivity contribution < 1.29 is 19.4 Å². The zero-order valence-electron chi connectivity index (χ0n) is 14.8. The third-order valence-electron chi connectivity index (χ3n) is 5.65. The van der Waals surface area contributed by atoms with Crippen molar-refractivity contribution in [1.29, 1.82) is 0 Å². The van der Waals surface area contributed by atoms with E-state index in [0.29, 0.717) is 0 Å². The normalized spacial score (nSPS) is 19.7. The van der Waals surface area contributed by atoms with Crippen LogP contribution in [-0.4, -0.2) is 25.1 Å². The van der Waals surface area contributed by atoms with Gasteiger partial charge in [0.15, 0.2) is 6.79 Å². The first kappa shape index (κ1) is 16.9. The van der Waals surface area contributed by atoms with Crippen molar-refractivity contribution in [3.05, 3.63) is 53.6 Å². The Kier molecular flexibility index (Phi) is 4.32. The molecule has 0 heterocycles. The fraction of sp³-hybridized carbons (Fsp3) is 0.381. The molecule has 0 saturated heterocycles. The maximum atomic E-state index is 11.3. The topological polar surface area (TPSA) is 67.8 Å². The summed E-state index contributed by atoms with van der Waals surface area (Å²) in [5.41, 5.74) is 4.69. The molecular weight excluding hydrogens is 330 g/mol. The van der Waals surface area contributed by atoms with Gasteiger partial charge in [0.2, 0.25) is 0 Å². The van der Waals surface area contributed by atoms with Gasteiger partial charge in [-0.25, -0.2) is 4.79 Å². The first-order valence-corrected chi connectivity index (χ1v) is 8.96. The number of aryl methyl sites for hydroxylation is 1. The van der Waals surface area contributed by atoms with Gasteiger partial charge in [-0.05, 0) is 71.6 Å². The van der Waals surface area contributed by atoms with E-state index in [9.17, 15) is 9.90 Å². The molecule has 26 heavy (non-hydrogen) atoms. The van der Waals surface area contributed by atoms with Crippen LogP contribution in [0.1, 0.15) is 36.4 Å². The molecule has 2 aliphatic carbocycles. The number of amides is 1. The summed E-state index contributed by atoms with van der Waals surface area (Å²) in [5, 5.41) is 12.1. The van der Waals surface area contributed by atoms with Crippen LogP contribution >= 0.6 is 0 Å². The van der Waals surface area contributed by atoms with E-state index in [0.717, 1.165) is 48.1 Å². The van der Waals surface area contributed by atoms with E-state index in [2.05, 4.69) is 23.5 Å². The Morgan fingerprint density at radius 2 is 1.88 bits per heavy atom. The number of benzene rings is 2. The summed E-state index contributed by atoms with van der Waals surface area (Å²) in [4.78, 5) is 11.3. The summed E-state index contributed by atoms with van der Waals surface area (Å²) >= 11 is 0. The average Bonchev–Trinajstić information content (AvgIpc) is 3.43. The zero-order chi connectivity index (χ0) is 18.1. The molecule has 2 aromatic rings. The molecule has 1 fully saturated rings. The highest BCUT2D eigenvalue weighted by Crippen LogP contribution is 2.61. The second-order valence-electron chi connectivity index (χ2n) is 7.23. The van der Waals surface area contributed by atoms with Crippen LogP contribution in [0.4, 0.5) is 4.79 Å². The third kappa shape index (κ3) is 3.15. The molecule has 0 bridgehead atoms. The molecule has 0 radical (unpaired) electrons. The van der Waals surface area contributed by atoms with Crippen molar-refractivity contribution in [2.45, 2.75) is 31.7 Å². The molecule has 1 amide bonds. The molecule has 1 unspecified atom stereocenters. The van der Waals surface area contributed by atoms with Gasteiger partial charge in [-0.2, -0.15) is 0 Å². The Morgan fingerprint density at radius 1 is 1.15 bits per heavy atom. The van der Waals surface area contributed by atoms with Crippen molar-refractivity contribution in [1.82, 2.24) is 5.32 Å². The summed E-state index contributed by atoms with van der Waals surface area (Å²) in [7, 11) is 1.59. The lowest BCUT2D eigenvalue weighted by Gasteiger charge is -2.34. The maximum Gasteiger partial charge on any atom is 0.405 e. The maximum absolute atomic E-state index is 11.3. The monoisotopic (exact) mass is 353 g/mol. The smallest absolute Gasteiger partial charge is 0.405 e. The highest BCUT2D eigenvalue weighted by Gasteiger charge is 2.52. The van der Waals surface area contributed by atoms with Crippen LogP contribution in [0.5, 0.6) is 5.75 Å². The Labute approximate surface area is 152 Å². The summed E-state index contributed by atoms with van der Waals surface area (Å²) in [6.07, 6.45) is 3.35. The van der Waals surface area contributed by atoms with Crippen LogP contribution in [0.2, 0.25) is 0 Å². The molecule has 4 rings (SSSR count). The fourth-order valence-corrected chi connectivity index (χ4v) is 4.05. The lowest BCUT2D eigenvalue weighted by Crippen LogP contribution is -2.36. The number of rotatable bonds is 5. The molecule has 2 aliphatic rings. The molecule has 5 nitrogen and oxygen atoms in total. The highest BCUT2D eigenvalue weighted by atomic mass is 16.7. The van der Waals surface area contributed by atoms with E-state index in [-0.39, 0.29) is 18.2 Å². The van der Waals surface area contributed by atoms with E-state index >= 15 is 0 Å². The Balaban J connectivity index is 1.64. The Morgan fingerprint density at radius 3 is 2.54 bits per heavy atom. The van der Waals surface area contributed by atoms with Crippen LogP contribution in [0.3, 0.4) is 0 Å². The van der Waals surface area contributed by atoms with Crippen molar-refractivity contribution in [3.8, 4) is 16.9 Å². The van der Waals surface area contributed by atoms with E-state index in [4.69, 9.17) is 9.47 Å². The van der Waals surface area contributed by atoms with Gasteiger partial charge in [0.25, 0.3) is 0 Å². The van der Waals surface area contributed by atoms with Gasteiger partial charge in [-0.1, -0.05) is 24.3 Å². The van der Waals surface area contributed by atoms with Gasteiger partial charge in [0.1, 0.15) is 5.75 Å². The van der Waals surface area contributed by atoms with Crippen molar-refractivity contribution in [2.75, 3.05) is 13.9 Å². The summed E-state index contributed by atoms with van der Waals surface area (Å²) in [6.45, 7) is 0.225. The molecule has 2 aromatic carbocycles. The van der Waals surface area contributed by atoms with Crippen LogP contribution in [-0.2, 0) is 11.2 Å². The van der Waals surface area contributed by atoms with E-state index in [1.807, 2.05) is 24.3 Å². The third-order valence-corrected chi connectivity index (χ3v) is 5.65. The lowest BCUT2D eigenvalue weighted by molar-refractivity contribution is 0.0511. The minimum absolute atomic E-state index is 0.104. The second-order valence-corrected chi connectivity index (χ2v) is 7.23. The molecule has 1 saturated carbocycles. The van der Waals surface area contributed by atoms with Crippen molar-refractivity contribution in [2.24, 2.45) is 5.41 Å². The highest BCUT2D eigenvalue weighted by molar-refractivity contribution is 5.69. The second kappa shape index (κ2) is 6.65. The van der Waals surface area contributed by atoms with E-state index < -0.39 is 6.09 Å². The summed E-state index contributed by atoms with van der Waals surface area (Å²) in [5.74, 6) is 0.760. The van der Waals surface area contributed by atoms with Crippen LogP contribution < -0.4 is 10.1 Å². The number of carbonyl (C=O) groups is 1. The Bertz CT molecular complexity index is 811. The molecule has 136 valence electrons. The standard InChI is InChI=1S/C21H23NO4/c1-25-13-26-17-6-4-14(5-7-17)16-3-2-15-8-9-21(10-11-21)19(18(15)12-16)22-20(23)24/h2-7,12,19,22H,8-11,13H2,1H3,(H,23,24).